The van der Waals surface area contributed by atoms with E-state index in [0.717, 1.165) is 5.56 Å². The van der Waals surface area contributed by atoms with Gasteiger partial charge in [-0.15, -0.1) is 0 Å². The Bertz CT molecular complexity index is 1200. The summed E-state index contributed by atoms with van der Waals surface area (Å²) in [5.41, 5.74) is 9.20. The van der Waals surface area contributed by atoms with Crippen molar-refractivity contribution in [3.8, 4) is 22.8 Å². The van der Waals surface area contributed by atoms with Crippen LogP contribution in [0.25, 0.3) is 11.3 Å². The van der Waals surface area contributed by atoms with Crippen LogP contribution in [0.15, 0.2) is 72.8 Å². The summed E-state index contributed by atoms with van der Waals surface area (Å²) in [6.07, 6.45) is 0. The predicted molar refractivity (Wildman–Crippen MR) is 130 cm³/mol. The van der Waals surface area contributed by atoms with Crippen LogP contribution in [-0.2, 0) is 0 Å². The number of hydrogen-bond donors (Lipinski definition) is 1. The fourth-order valence-electron chi connectivity index (χ4n) is 3.28. The van der Waals surface area contributed by atoms with E-state index >= 15 is 0 Å². The summed E-state index contributed by atoms with van der Waals surface area (Å²) in [4.78, 5) is 11.1. The van der Waals surface area contributed by atoms with Crippen LogP contribution in [0.2, 0.25) is 10.0 Å². The van der Waals surface area contributed by atoms with Gasteiger partial charge in [-0.25, -0.2) is 4.98 Å². The molecule has 8 heteroatoms. The third-order valence-electron chi connectivity index (χ3n) is 4.79. The summed E-state index contributed by atoms with van der Waals surface area (Å²) < 4.78 is 10.6. The number of rotatable bonds is 6. The normalized spacial score (nSPS) is 10.6. The van der Waals surface area contributed by atoms with Crippen LogP contribution in [0, 0.1) is 0 Å². The molecule has 0 radical (unpaired) electrons. The molecule has 0 aliphatic heterocycles. The smallest absolute Gasteiger partial charge is 0.237 e. The topological polar surface area (TPSA) is 73.5 Å². The number of anilines is 4. The molecule has 0 unspecified atom stereocenters. The van der Waals surface area contributed by atoms with Crippen LogP contribution < -0.4 is 20.1 Å². The van der Waals surface area contributed by atoms with E-state index in [9.17, 15) is 0 Å². The first-order chi connectivity index (χ1) is 15.5. The lowest BCUT2D eigenvalue weighted by Crippen LogP contribution is -2.15. The molecule has 0 spiro atoms. The fraction of sp³-hybridized carbons (Fsp3) is 0.0833. The van der Waals surface area contributed by atoms with Gasteiger partial charge in [0.1, 0.15) is 17.3 Å². The largest absolute Gasteiger partial charge is 0.495 e. The summed E-state index contributed by atoms with van der Waals surface area (Å²) in [6.45, 7) is 0. The molecular formula is C24H20Cl2N4O2. The lowest BCUT2D eigenvalue weighted by Gasteiger charge is -2.25. The molecule has 2 N–H and O–H groups in total. The second kappa shape index (κ2) is 9.34. The van der Waals surface area contributed by atoms with Gasteiger partial charge in [-0.3, -0.25) is 4.90 Å². The highest BCUT2D eigenvalue weighted by atomic mass is 35.5. The number of benzene rings is 3. The van der Waals surface area contributed by atoms with E-state index in [1.165, 1.54) is 0 Å². The van der Waals surface area contributed by atoms with Crippen molar-refractivity contribution in [2.24, 2.45) is 0 Å². The van der Waals surface area contributed by atoms with Gasteiger partial charge in [-0.2, -0.15) is 4.98 Å². The summed E-state index contributed by atoms with van der Waals surface area (Å²) in [5, 5.41) is 0.892. The van der Waals surface area contributed by atoms with Gasteiger partial charge in [-0.1, -0.05) is 53.5 Å². The zero-order chi connectivity index (χ0) is 22.7. The Labute approximate surface area is 196 Å². The van der Waals surface area contributed by atoms with Gasteiger partial charge >= 0.3 is 0 Å². The molecule has 6 nitrogen and oxygen atoms in total. The maximum Gasteiger partial charge on any atom is 0.237 e. The quantitative estimate of drug-likeness (QED) is 0.348. The molecule has 32 heavy (non-hydrogen) atoms. The molecule has 0 fully saturated rings. The minimum Gasteiger partial charge on any atom is -0.495 e. The Morgan fingerprint density at radius 1 is 0.750 bits per heavy atom. The van der Waals surface area contributed by atoms with Gasteiger partial charge in [0.05, 0.1) is 41.3 Å². The van der Waals surface area contributed by atoms with Gasteiger partial charge in [0.2, 0.25) is 5.95 Å². The van der Waals surface area contributed by atoms with E-state index in [4.69, 9.17) is 43.4 Å². The summed E-state index contributed by atoms with van der Waals surface area (Å²) >= 11 is 12.8. The van der Waals surface area contributed by atoms with E-state index in [2.05, 4.69) is 4.98 Å². The molecule has 4 aromatic rings. The molecule has 0 aliphatic carbocycles. The third kappa shape index (κ3) is 4.42. The number of halogens is 2. The van der Waals surface area contributed by atoms with Gasteiger partial charge in [-0.05, 0) is 36.4 Å². The standard InChI is InChI=1S/C24H20Cl2N4O2/c1-31-21-10-8-16(12-18(21)25)30(17-9-11-22(32-2)19(26)13-17)24-28-20(14-23(27)29-24)15-6-4-3-5-7-15/h3-14H,1-2H3,(H2,27,28,29). The maximum absolute atomic E-state index is 6.42. The number of hydrogen-bond acceptors (Lipinski definition) is 6. The third-order valence-corrected chi connectivity index (χ3v) is 5.38. The van der Waals surface area contributed by atoms with Gasteiger partial charge in [0, 0.05) is 11.6 Å². The Kier molecular flexibility index (Phi) is 6.35. The average Bonchev–Trinajstić information content (AvgIpc) is 2.80. The summed E-state index contributed by atoms with van der Waals surface area (Å²) in [7, 11) is 3.13. The highest BCUT2D eigenvalue weighted by Crippen LogP contribution is 2.40. The Morgan fingerprint density at radius 2 is 1.31 bits per heavy atom. The van der Waals surface area contributed by atoms with Crippen LogP contribution in [0.5, 0.6) is 11.5 Å². The Morgan fingerprint density at radius 3 is 1.81 bits per heavy atom. The first-order valence-corrected chi connectivity index (χ1v) is 10.4. The van der Waals surface area contributed by atoms with Crippen molar-refractivity contribution in [3.63, 3.8) is 0 Å². The lowest BCUT2D eigenvalue weighted by molar-refractivity contribution is 0.415. The number of methoxy groups -OCH3 is 2. The highest BCUT2D eigenvalue weighted by Gasteiger charge is 2.20. The van der Waals surface area contributed by atoms with Crippen molar-refractivity contribution < 1.29 is 9.47 Å². The fourth-order valence-corrected chi connectivity index (χ4v) is 3.78. The Hall–Kier alpha value is -3.48. The SMILES string of the molecule is COc1ccc(N(c2ccc(OC)c(Cl)c2)c2nc(N)cc(-c3ccccc3)n2)cc1Cl. The van der Waals surface area contributed by atoms with Gasteiger partial charge in [0.15, 0.2) is 0 Å². The van der Waals surface area contributed by atoms with E-state index in [-0.39, 0.29) is 0 Å². The predicted octanol–water partition coefficient (Wildman–Crippen LogP) is 6.52. The molecule has 0 bridgehead atoms. The molecule has 0 atom stereocenters. The monoisotopic (exact) mass is 466 g/mol. The Balaban J connectivity index is 1.91. The number of aromatic nitrogens is 2. The van der Waals surface area contributed by atoms with E-state index in [1.54, 1.807) is 44.6 Å². The van der Waals surface area contributed by atoms with Crippen molar-refractivity contribution in [1.82, 2.24) is 9.97 Å². The van der Waals surface area contributed by atoms with Crippen molar-refractivity contribution in [2.45, 2.75) is 0 Å². The van der Waals surface area contributed by atoms with Crippen molar-refractivity contribution in [3.05, 3.63) is 82.8 Å². The van der Waals surface area contributed by atoms with Crippen LogP contribution in [0.3, 0.4) is 0 Å². The van der Waals surface area contributed by atoms with E-state index < -0.39 is 0 Å². The molecule has 3 aromatic carbocycles. The average molecular weight is 467 g/mol. The minimum atomic E-state index is 0.332. The van der Waals surface area contributed by atoms with Crippen LogP contribution in [0.1, 0.15) is 0 Å². The molecule has 162 valence electrons. The first kappa shape index (κ1) is 21.7. The molecule has 0 saturated carbocycles. The van der Waals surface area contributed by atoms with Crippen molar-refractivity contribution >= 4 is 46.3 Å². The number of nitrogen functional groups attached to an aromatic ring is 1. The molecule has 0 aliphatic rings. The van der Waals surface area contributed by atoms with Gasteiger partial charge in [0.25, 0.3) is 0 Å². The highest BCUT2D eigenvalue weighted by molar-refractivity contribution is 6.32. The van der Waals surface area contributed by atoms with Crippen LogP contribution in [0.4, 0.5) is 23.1 Å². The molecular weight excluding hydrogens is 447 g/mol. The molecule has 0 amide bonds. The second-order valence-electron chi connectivity index (χ2n) is 6.82. The number of nitrogens with two attached hydrogens (primary N) is 1. The van der Waals surface area contributed by atoms with Crippen molar-refractivity contribution in [2.75, 3.05) is 24.9 Å². The number of nitrogens with zero attached hydrogens (tertiary/aromatic N) is 3. The number of ether oxygens (including phenoxy) is 2. The molecule has 4 rings (SSSR count). The molecule has 1 aromatic heterocycles. The van der Waals surface area contributed by atoms with E-state index in [1.807, 2.05) is 47.4 Å². The molecule has 1 heterocycles. The van der Waals surface area contributed by atoms with Gasteiger partial charge < -0.3 is 15.2 Å². The van der Waals surface area contributed by atoms with E-state index in [0.29, 0.717) is 50.4 Å². The zero-order valence-corrected chi connectivity index (χ0v) is 18.9. The summed E-state index contributed by atoms with van der Waals surface area (Å²) in [5.74, 6) is 1.81. The van der Waals surface area contributed by atoms with Crippen molar-refractivity contribution in [1.29, 1.82) is 0 Å². The van der Waals surface area contributed by atoms with Crippen LogP contribution >= 0.6 is 23.2 Å². The maximum atomic E-state index is 6.42. The zero-order valence-electron chi connectivity index (χ0n) is 17.4. The van der Waals surface area contributed by atoms with Crippen LogP contribution in [-0.4, -0.2) is 24.2 Å². The minimum absolute atomic E-state index is 0.332. The lowest BCUT2D eigenvalue weighted by atomic mass is 10.1. The molecule has 0 saturated heterocycles. The first-order valence-electron chi connectivity index (χ1n) is 9.67. The second-order valence-corrected chi connectivity index (χ2v) is 7.63. The summed E-state index contributed by atoms with van der Waals surface area (Å²) in [6, 6.07) is 22.3.